The third-order valence-electron chi connectivity index (χ3n) is 4.22. The predicted molar refractivity (Wildman–Crippen MR) is 84.0 cm³/mol. The van der Waals surface area contributed by atoms with Crippen molar-refractivity contribution in [3.8, 4) is 0 Å². The van der Waals surface area contributed by atoms with Gasteiger partial charge in [-0.15, -0.1) is 0 Å². The van der Waals surface area contributed by atoms with Crippen LogP contribution in [0.3, 0.4) is 0 Å². The van der Waals surface area contributed by atoms with E-state index >= 15 is 0 Å². The molecule has 0 aromatic carbocycles. The first-order chi connectivity index (χ1) is 10.3. The highest BCUT2D eigenvalue weighted by Crippen LogP contribution is 2.34. The van der Waals surface area contributed by atoms with Gasteiger partial charge in [0.15, 0.2) is 0 Å². The van der Waals surface area contributed by atoms with Crippen LogP contribution in [0.1, 0.15) is 43.0 Å². The van der Waals surface area contributed by atoms with Gasteiger partial charge in [0, 0.05) is 18.8 Å². The van der Waals surface area contributed by atoms with Crippen molar-refractivity contribution in [2.75, 3.05) is 18.1 Å². The normalized spacial score (nSPS) is 25.0. The van der Waals surface area contributed by atoms with Crippen LogP contribution in [-0.4, -0.2) is 40.9 Å². The van der Waals surface area contributed by atoms with Gasteiger partial charge in [-0.25, -0.2) is 9.37 Å². The number of carbonyl (C=O) groups is 1. The van der Waals surface area contributed by atoms with Crippen molar-refractivity contribution < 1.29 is 14.3 Å². The van der Waals surface area contributed by atoms with Crippen molar-refractivity contribution in [3.05, 3.63) is 23.0 Å². The molecule has 0 radical (unpaired) electrons. The molecule has 5 nitrogen and oxygen atoms in total. The zero-order valence-electron chi connectivity index (χ0n) is 12.6. The molecular formula is C15H21ClFN3O2. The molecule has 1 aromatic heterocycles. The molecule has 1 aromatic rings. The number of hydrogen-bond acceptors (Lipinski definition) is 4. The fourth-order valence-electron chi connectivity index (χ4n) is 2.97. The van der Waals surface area contributed by atoms with Crippen LogP contribution in [0.2, 0.25) is 5.15 Å². The molecule has 22 heavy (non-hydrogen) atoms. The lowest BCUT2D eigenvalue weighted by molar-refractivity contribution is 0.0169. The van der Waals surface area contributed by atoms with Gasteiger partial charge in [0.25, 0.3) is 5.91 Å². The summed E-state index contributed by atoms with van der Waals surface area (Å²) in [5.74, 6) is -0.620. The second kappa shape index (κ2) is 6.79. The number of halogens is 2. The molecule has 0 bridgehead atoms. The minimum atomic E-state index is -0.680. The first-order valence-electron chi connectivity index (χ1n) is 7.34. The van der Waals surface area contributed by atoms with Crippen LogP contribution in [0, 0.1) is 0 Å². The number of hydrogen-bond donors (Lipinski definition) is 2. The maximum Gasteiger partial charge on any atom is 0.252 e. The van der Waals surface area contributed by atoms with E-state index in [0.717, 1.165) is 0 Å². The lowest BCUT2D eigenvalue weighted by atomic mass is 9.83. The van der Waals surface area contributed by atoms with Crippen molar-refractivity contribution in [2.45, 2.75) is 44.2 Å². The molecule has 0 atom stereocenters. The molecule has 0 spiro atoms. The number of aromatic nitrogens is 1. The number of aliphatic hydroxyl groups is 1. The molecule has 1 saturated carbocycles. The van der Waals surface area contributed by atoms with E-state index in [0.29, 0.717) is 31.4 Å². The van der Waals surface area contributed by atoms with Crippen LogP contribution in [0.4, 0.5) is 10.1 Å². The van der Waals surface area contributed by atoms with Crippen LogP contribution >= 0.6 is 11.6 Å². The summed E-state index contributed by atoms with van der Waals surface area (Å²) in [6, 6.07) is 1.58. The van der Waals surface area contributed by atoms with Crippen LogP contribution < -0.4 is 10.6 Å². The second-order valence-corrected chi connectivity index (χ2v) is 6.39. The highest BCUT2D eigenvalue weighted by molar-refractivity contribution is 6.29. The summed E-state index contributed by atoms with van der Waals surface area (Å²) in [7, 11) is 0. The third-order valence-corrected chi connectivity index (χ3v) is 4.43. The van der Waals surface area contributed by atoms with Gasteiger partial charge in [-0.05, 0) is 38.7 Å². The molecule has 1 amide bonds. The Bertz CT molecular complexity index is 544. The predicted octanol–water partition coefficient (Wildman–Crippen LogP) is 2.30. The number of nitrogens with two attached hydrogens (primary N) is 1. The highest BCUT2D eigenvalue weighted by Gasteiger charge is 2.32. The zero-order valence-corrected chi connectivity index (χ0v) is 13.3. The van der Waals surface area contributed by atoms with Crippen molar-refractivity contribution in [1.82, 2.24) is 4.98 Å². The zero-order chi connectivity index (χ0) is 16.3. The average Bonchev–Trinajstić information content (AvgIpc) is 2.45. The summed E-state index contributed by atoms with van der Waals surface area (Å²) in [5.41, 5.74) is 5.45. The molecule has 0 unspecified atom stereocenters. The number of amides is 1. The Labute approximate surface area is 134 Å². The number of pyridine rings is 1. The first-order valence-corrected chi connectivity index (χ1v) is 7.72. The van der Waals surface area contributed by atoms with Crippen LogP contribution in [0.5, 0.6) is 0 Å². The fourth-order valence-corrected chi connectivity index (χ4v) is 3.13. The molecule has 2 rings (SSSR count). The van der Waals surface area contributed by atoms with E-state index in [1.165, 1.54) is 6.20 Å². The highest BCUT2D eigenvalue weighted by atomic mass is 35.5. The molecule has 1 aliphatic carbocycles. The number of nitrogens with zero attached hydrogens (tertiary/aromatic N) is 2. The lowest BCUT2D eigenvalue weighted by Crippen LogP contribution is -2.44. The minimum absolute atomic E-state index is 0.0348. The Morgan fingerprint density at radius 3 is 2.77 bits per heavy atom. The molecule has 1 aliphatic rings. The molecule has 122 valence electrons. The van der Waals surface area contributed by atoms with Gasteiger partial charge in [-0.3, -0.25) is 4.79 Å². The third kappa shape index (κ3) is 3.87. The van der Waals surface area contributed by atoms with Gasteiger partial charge in [-0.1, -0.05) is 11.6 Å². The molecular weight excluding hydrogens is 309 g/mol. The summed E-state index contributed by atoms with van der Waals surface area (Å²) in [5, 5.41) is 10.3. The smallest absolute Gasteiger partial charge is 0.252 e. The minimum Gasteiger partial charge on any atom is -0.390 e. The van der Waals surface area contributed by atoms with E-state index < -0.39 is 18.2 Å². The topological polar surface area (TPSA) is 79.4 Å². The molecule has 7 heteroatoms. The van der Waals surface area contributed by atoms with Gasteiger partial charge in [0.05, 0.1) is 16.9 Å². The van der Waals surface area contributed by atoms with Crippen molar-refractivity contribution in [3.63, 3.8) is 0 Å². The van der Waals surface area contributed by atoms with Gasteiger partial charge >= 0.3 is 0 Å². The molecule has 0 aliphatic heterocycles. The summed E-state index contributed by atoms with van der Waals surface area (Å²) in [6.07, 6.45) is 4.01. The van der Waals surface area contributed by atoms with E-state index in [2.05, 4.69) is 4.98 Å². The van der Waals surface area contributed by atoms with Gasteiger partial charge in [-0.2, -0.15) is 0 Å². The molecule has 1 fully saturated rings. The quantitative estimate of drug-likeness (QED) is 0.812. The monoisotopic (exact) mass is 329 g/mol. The first kappa shape index (κ1) is 17.0. The summed E-state index contributed by atoms with van der Waals surface area (Å²) < 4.78 is 13.0. The summed E-state index contributed by atoms with van der Waals surface area (Å²) in [4.78, 5) is 17.3. The number of rotatable bonds is 5. The van der Waals surface area contributed by atoms with Gasteiger partial charge < -0.3 is 15.7 Å². The Morgan fingerprint density at radius 2 is 2.23 bits per heavy atom. The Balaban J connectivity index is 2.32. The maximum absolute atomic E-state index is 13.0. The molecule has 1 heterocycles. The van der Waals surface area contributed by atoms with Crippen molar-refractivity contribution >= 4 is 23.2 Å². The number of primary amides is 1. The Kier molecular flexibility index (Phi) is 5.24. The standard InChI is InChI=1S/C15H21ClFN3O2/c1-15(22)4-2-10(3-5-15)20(7-6-17)12-8-13(16)19-9-11(12)14(18)21/h8-10,22H,2-7H2,1H3,(H2,18,21). The van der Waals surface area contributed by atoms with E-state index in [1.54, 1.807) is 13.0 Å². The van der Waals surface area contributed by atoms with Crippen molar-refractivity contribution in [1.29, 1.82) is 0 Å². The lowest BCUT2D eigenvalue weighted by Gasteiger charge is -2.40. The molecule has 0 saturated heterocycles. The van der Waals surface area contributed by atoms with Gasteiger partial charge in [0.2, 0.25) is 0 Å². The summed E-state index contributed by atoms with van der Waals surface area (Å²) in [6.45, 7) is 1.40. The van der Waals surface area contributed by atoms with Gasteiger partial charge in [0.1, 0.15) is 11.8 Å². The summed E-state index contributed by atoms with van der Waals surface area (Å²) >= 11 is 5.93. The average molecular weight is 330 g/mol. The van der Waals surface area contributed by atoms with Crippen molar-refractivity contribution in [2.24, 2.45) is 5.73 Å². The van der Waals surface area contributed by atoms with E-state index in [9.17, 15) is 14.3 Å². The van der Waals surface area contributed by atoms with E-state index in [4.69, 9.17) is 17.3 Å². The Morgan fingerprint density at radius 1 is 1.59 bits per heavy atom. The fraction of sp³-hybridized carbons (Fsp3) is 0.600. The van der Waals surface area contributed by atoms with E-state index in [1.807, 2.05) is 4.90 Å². The SMILES string of the molecule is CC1(O)CCC(N(CCF)c2cc(Cl)ncc2C(N)=O)CC1. The maximum atomic E-state index is 13.0. The number of alkyl halides is 1. The van der Waals surface area contributed by atoms with Crippen LogP contribution in [0.15, 0.2) is 12.3 Å². The number of anilines is 1. The second-order valence-electron chi connectivity index (χ2n) is 6.00. The number of carbonyl (C=O) groups excluding carboxylic acids is 1. The van der Waals surface area contributed by atoms with Crippen LogP contribution in [-0.2, 0) is 0 Å². The van der Waals surface area contributed by atoms with Crippen LogP contribution in [0.25, 0.3) is 0 Å². The Hall–Kier alpha value is -1.40. The molecule has 3 N–H and O–H groups in total. The van der Waals surface area contributed by atoms with E-state index in [-0.39, 0.29) is 23.3 Å². The largest absolute Gasteiger partial charge is 0.390 e.